The Morgan fingerprint density at radius 2 is 1.75 bits per heavy atom. The second kappa shape index (κ2) is 10.3. The smallest absolute Gasteiger partial charge is 0.315 e. The summed E-state index contributed by atoms with van der Waals surface area (Å²) in [4.78, 5) is 23.8. The number of urea groups is 1. The zero-order valence-electron chi connectivity index (χ0n) is 16.3. The van der Waals surface area contributed by atoms with Crippen LogP contribution in [0.4, 0.5) is 4.79 Å². The van der Waals surface area contributed by atoms with Crippen LogP contribution in [0.5, 0.6) is 5.75 Å². The Kier molecular flexibility index (Phi) is 8.04. The maximum absolute atomic E-state index is 12.2. The van der Waals surface area contributed by atoms with Crippen LogP contribution in [0.15, 0.2) is 24.3 Å². The molecule has 0 aliphatic carbocycles. The topological polar surface area (TPSA) is 129 Å². The first-order chi connectivity index (χ1) is 13.3. The third-order valence-electron chi connectivity index (χ3n) is 4.38. The van der Waals surface area contributed by atoms with Gasteiger partial charge in [0.15, 0.2) is 0 Å². The number of aliphatic hydroxyl groups excluding tert-OH is 2. The van der Waals surface area contributed by atoms with Gasteiger partial charge in [-0.25, -0.2) is 4.79 Å². The summed E-state index contributed by atoms with van der Waals surface area (Å²) in [6, 6.07) is 6.87. The van der Waals surface area contributed by atoms with Crippen molar-refractivity contribution in [1.29, 1.82) is 0 Å². The Morgan fingerprint density at radius 3 is 2.36 bits per heavy atom. The predicted molar refractivity (Wildman–Crippen MR) is 102 cm³/mol. The van der Waals surface area contributed by atoms with Crippen molar-refractivity contribution in [1.82, 2.24) is 16.0 Å². The van der Waals surface area contributed by atoms with Crippen LogP contribution in [0.2, 0.25) is 0 Å². The molecular weight excluding hydrogens is 366 g/mol. The van der Waals surface area contributed by atoms with Crippen molar-refractivity contribution in [3.05, 3.63) is 29.8 Å². The molecule has 1 heterocycles. The van der Waals surface area contributed by atoms with Gasteiger partial charge < -0.3 is 35.6 Å². The van der Waals surface area contributed by atoms with E-state index in [1.807, 2.05) is 26.0 Å². The van der Waals surface area contributed by atoms with Gasteiger partial charge in [0, 0.05) is 19.1 Å². The third kappa shape index (κ3) is 6.36. The fourth-order valence-electron chi connectivity index (χ4n) is 2.87. The number of carbonyl (C=O) groups is 2. The zero-order valence-corrected chi connectivity index (χ0v) is 16.3. The van der Waals surface area contributed by atoms with Gasteiger partial charge >= 0.3 is 6.03 Å². The highest BCUT2D eigenvalue weighted by Crippen LogP contribution is 2.23. The van der Waals surface area contributed by atoms with Crippen LogP contribution < -0.4 is 20.7 Å². The second-order valence-corrected chi connectivity index (χ2v) is 7.03. The van der Waals surface area contributed by atoms with E-state index in [1.54, 1.807) is 19.2 Å². The Hall–Kier alpha value is -2.36. The average Bonchev–Trinajstić information content (AvgIpc) is 2.92. The number of ether oxygens (including phenoxy) is 2. The van der Waals surface area contributed by atoms with Gasteiger partial charge in [-0.2, -0.15) is 0 Å². The summed E-state index contributed by atoms with van der Waals surface area (Å²) in [7, 11) is 1.58. The maximum Gasteiger partial charge on any atom is 0.315 e. The number of benzene rings is 1. The normalized spacial score (nSPS) is 24.1. The van der Waals surface area contributed by atoms with Crippen molar-refractivity contribution in [2.24, 2.45) is 0 Å². The van der Waals surface area contributed by atoms with Crippen molar-refractivity contribution >= 4 is 11.9 Å². The van der Waals surface area contributed by atoms with Crippen LogP contribution in [-0.2, 0) is 16.1 Å². The molecule has 2 rings (SSSR count). The molecule has 9 heteroatoms. The van der Waals surface area contributed by atoms with Crippen LogP contribution in [0.1, 0.15) is 25.8 Å². The van der Waals surface area contributed by atoms with Gasteiger partial charge in [-0.15, -0.1) is 0 Å². The number of carbonyl (C=O) groups excluding carboxylic acids is 2. The average molecular weight is 395 g/mol. The Labute approximate surface area is 164 Å². The summed E-state index contributed by atoms with van der Waals surface area (Å²) < 4.78 is 10.7. The number of hydrogen-bond donors (Lipinski definition) is 5. The fraction of sp³-hybridized carbons (Fsp3) is 0.579. The number of aliphatic hydroxyl groups is 2. The standard InChI is InChI=1S/C19H29N3O6/c1-11(2)22-19(26)21-10-15-18(25)17(24)14(28-15)8-16(23)20-9-12-4-6-13(27-3)7-5-12/h4-7,11,14-15,17-18,24-25H,8-10H2,1-3H3,(H,20,23)(H2,21,22,26)/t14-,15-,17-,18+/m0/s1. The SMILES string of the molecule is COc1ccc(CNC(=O)C[C@@H]2O[C@@H](CNC(=O)NC(C)C)[C@@H](O)[C@H]2O)cc1. The number of rotatable bonds is 8. The van der Waals surface area contributed by atoms with Gasteiger partial charge in [0.05, 0.1) is 19.6 Å². The van der Waals surface area contributed by atoms with Crippen LogP contribution in [0, 0.1) is 0 Å². The Balaban J connectivity index is 1.77. The minimum absolute atomic E-state index is 0.0258. The lowest BCUT2D eigenvalue weighted by Gasteiger charge is -2.16. The monoisotopic (exact) mass is 395 g/mol. The number of nitrogens with one attached hydrogen (secondary N) is 3. The van der Waals surface area contributed by atoms with E-state index in [4.69, 9.17) is 9.47 Å². The van der Waals surface area contributed by atoms with E-state index in [-0.39, 0.29) is 30.9 Å². The van der Waals surface area contributed by atoms with E-state index < -0.39 is 24.4 Å². The van der Waals surface area contributed by atoms with E-state index in [0.717, 1.165) is 11.3 Å². The highest BCUT2D eigenvalue weighted by atomic mass is 16.5. The van der Waals surface area contributed by atoms with E-state index >= 15 is 0 Å². The van der Waals surface area contributed by atoms with Crippen molar-refractivity contribution in [3.63, 3.8) is 0 Å². The second-order valence-electron chi connectivity index (χ2n) is 7.03. The molecule has 4 atom stereocenters. The Bertz CT molecular complexity index is 652. The van der Waals surface area contributed by atoms with Gasteiger partial charge in [0.1, 0.15) is 24.1 Å². The third-order valence-corrected chi connectivity index (χ3v) is 4.38. The van der Waals surface area contributed by atoms with E-state index in [9.17, 15) is 19.8 Å². The van der Waals surface area contributed by atoms with Crippen molar-refractivity contribution in [3.8, 4) is 5.75 Å². The molecule has 0 radical (unpaired) electrons. The van der Waals surface area contributed by atoms with Crippen LogP contribution in [-0.4, -0.2) is 66.3 Å². The lowest BCUT2D eigenvalue weighted by molar-refractivity contribution is -0.125. The lowest BCUT2D eigenvalue weighted by Crippen LogP contribution is -2.45. The minimum atomic E-state index is -1.20. The number of methoxy groups -OCH3 is 1. The molecule has 1 aromatic carbocycles. The van der Waals surface area contributed by atoms with Crippen molar-refractivity contribution in [2.75, 3.05) is 13.7 Å². The molecule has 1 fully saturated rings. The number of hydrogen-bond acceptors (Lipinski definition) is 6. The lowest BCUT2D eigenvalue weighted by atomic mass is 10.1. The van der Waals surface area contributed by atoms with E-state index in [2.05, 4.69) is 16.0 Å². The molecule has 0 unspecified atom stereocenters. The summed E-state index contributed by atoms with van der Waals surface area (Å²) in [5.41, 5.74) is 0.903. The summed E-state index contributed by atoms with van der Waals surface area (Å²) in [5, 5.41) is 28.2. The highest BCUT2D eigenvalue weighted by Gasteiger charge is 2.43. The molecule has 1 aliphatic rings. The summed E-state index contributed by atoms with van der Waals surface area (Å²) >= 11 is 0. The van der Waals surface area contributed by atoms with Gasteiger partial charge in [-0.1, -0.05) is 12.1 Å². The van der Waals surface area contributed by atoms with Crippen molar-refractivity contribution in [2.45, 2.75) is 57.3 Å². The van der Waals surface area contributed by atoms with Gasteiger partial charge in [-0.3, -0.25) is 4.79 Å². The first kappa shape index (κ1) is 21.9. The van der Waals surface area contributed by atoms with Crippen LogP contribution >= 0.6 is 0 Å². The molecule has 5 N–H and O–H groups in total. The summed E-state index contributed by atoms with van der Waals surface area (Å²) in [6.07, 6.45) is -4.10. The quantitative estimate of drug-likeness (QED) is 0.418. The van der Waals surface area contributed by atoms with Gasteiger partial charge in [0.25, 0.3) is 0 Å². The van der Waals surface area contributed by atoms with Crippen LogP contribution in [0.3, 0.4) is 0 Å². The maximum atomic E-state index is 12.2. The summed E-state index contributed by atoms with van der Waals surface area (Å²) in [6.45, 7) is 4.00. The summed E-state index contributed by atoms with van der Waals surface area (Å²) in [5.74, 6) is 0.423. The fourth-order valence-corrected chi connectivity index (χ4v) is 2.87. The predicted octanol–water partition coefficient (Wildman–Crippen LogP) is -0.102. The Morgan fingerprint density at radius 1 is 1.11 bits per heavy atom. The molecule has 0 bridgehead atoms. The molecule has 0 spiro atoms. The molecule has 1 aromatic rings. The highest BCUT2D eigenvalue weighted by molar-refractivity contribution is 5.76. The zero-order chi connectivity index (χ0) is 20.7. The largest absolute Gasteiger partial charge is 0.497 e. The molecule has 1 saturated heterocycles. The molecule has 28 heavy (non-hydrogen) atoms. The molecule has 1 aliphatic heterocycles. The minimum Gasteiger partial charge on any atom is -0.497 e. The first-order valence-electron chi connectivity index (χ1n) is 9.25. The molecule has 3 amide bonds. The van der Waals surface area contributed by atoms with Gasteiger partial charge in [0.2, 0.25) is 5.91 Å². The molecule has 9 nitrogen and oxygen atoms in total. The molecule has 0 aromatic heterocycles. The van der Waals surface area contributed by atoms with Crippen molar-refractivity contribution < 1.29 is 29.3 Å². The van der Waals surface area contributed by atoms with E-state index in [1.165, 1.54) is 0 Å². The molecule has 156 valence electrons. The van der Waals surface area contributed by atoms with Crippen LogP contribution in [0.25, 0.3) is 0 Å². The number of amides is 3. The van der Waals surface area contributed by atoms with E-state index in [0.29, 0.717) is 6.54 Å². The molecule has 0 saturated carbocycles. The first-order valence-corrected chi connectivity index (χ1v) is 9.25. The van der Waals surface area contributed by atoms with Gasteiger partial charge in [-0.05, 0) is 31.5 Å². The molecular formula is C19H29N3O6.